The summed E-state index contributed by atoms with van der Waals surface area (Å²) in [4.78, 5) is 4.89. The molecule has 1 aliphatic rings. The molecule has 2 aromatic heterocycles. The maximum Gasteiger partial charge on any atom is 0.217 e. The molecule has 3 atom stereocenters. The van der Waals surface area contributed by atoms with Crippen LogP contribution in [0.5, 0.6) is 5.88 Å². The lowest BCUT2D eigenvalue weighted by Gasteiger charge is -2.46. The van der Waals surface area contributed by atoms with E-state index >= 15 is 0 Å². The largest absolute Gasteiger partial charge is 0.619 e. The second-order valence-electron chi connectivity index (χ2n) is 10.1. The Morgan fingerprint density at radius 2 is 1.97 bits per heavy atom. The van der Waals surface area contributed by atoms with Crippen molar-refractivity contribution < 1.29 is 23.0 Å². The number of piperidine rings is 1. The number of hydrogen-bond donors (Lipinski definition) is 2. The summed E-state index contributed by atoms with van der Waals surface area (Å²) >= 11 is 6.23. The van der Waals surface area contributed by atoms with E-state index in [1.807, 2.05) is 24.3 Å². The van der Waals surface area contributed by atoms with Gasteiger partial charge in [0.15, 0.2) is 21.7 Å². The molecule has 0 radical (unpaired) electrons. The molecule has 2 N–H and O–H groups in total. The van der Waals surface area contributed by atoms with Gasteiger partial charge in [-0.15, -0.1) is 0 Å². The molecule has 1 saturated heterocycles. The minimum absolute atomic E-state index is 0.179. The Bertz CT molecular complexity index is 1610. The molecule has 0 bridgehead atoms. The molecule has 10 heteroatoms. The molecule has 8 nitrogen and oxygen atoms in total. The maximum absolute atomic E-state index is 12.6. The van der Waals surface area contributed by atoms with Crippen molar-refractivity contribution in [1.29, 1.82) is 0 Å². The van der Waals surface area contributed by atoms with Crippen molar-refractivity contribution in [2.45, 2.75) is 29.3 Å². The van der Waals surface area contributed by atoms with Crippen molar-refractivity contribution in [3.63, 3.8) is 0 Å². The minimum Gasteiger partial charge on any atom is -0.619 e. The van der Waals surface area contributed by atoms with E-state index in [9.17, 15) is 18.7 Å². The molecule has 204 valence electrons. The van der Waals surface area contributed by atoms with E-state index in [1.54, 1.807) is 36.4 Å². The quantitative estimate of drug-likeness (QED) is 0.259. The number of benzene rings is 2. The number of nitrogens with zero attached hydrogens (tertiary/aromatic N) is 2. The van der Waals surface area contributed by atoms with Gasteiger partial charge in [0.05, 0.1) is 23.1 Å². The number of ether oxygens (including phenoxy) is 1. The molecule has 2 aromatic carbocycles. The monoisotopic (exact) mass is 567 g/mol. The third-order valence-corrected chi connectivity index (χ3v) is 8.94. The first-order chi connectivity index (χ1) is 18.6. The molecule has 4 aromatic rings. The van der Waals surface area contributed by atoms with E-state index in [0.717, 1.165) is 16.5 Å². The lowest BCUT2D eigenvalue weighted by molar-refractivity contribution is -0.614. The Labute approximate surface area is 232 Å². The zero-order valence-electron chi connectivity index (χ0n) is 21.7. The van der Waals surface area contributed by atoms with Crippen LogP contribution in [0.25, 0.3) is 10.9 Å². The normalized spacial score (nSPS) is 20.6. The summed E-state index contributed by atoms with van der Waals surface area (Å²) in [7, 11) is -1.92. The summed E-state index contributed by atoms with van der Waals surface area (Å²) in [5, 5.41) is 29.7. The fraction of sp³-hybridized carbons (Fsp3) is 0.310. The van der Waals surface area contributed by atoms with E-state index in [1.165, 1.54) is 19.4 Å². The summed E-state index contributed by atoms with van der Waals surface area (Å²) < 4.78 is 31.1. The zero-order chi connectivity index (χ0) is 27.8. The van der Waals surface area contributed by atoms with Gasteiger partial charge in [-0.05, 0) is 54.9 Å². The summed E-state index contributed by atoms with van der Waals surface area (Å²) in [5.41, 5.74) is 1.24. The van der Waals surface area contributed by atoms with Gasteiger partial charge in [-0.1, -0.05) is 29.8 Å². The number of methoxy groups -OCH3 is 1. The van der Waals surface area contributed by atoms with Gasteiger partial charge in [0.2, 0.25) is 5.88 Å². The average Bonchev–Trinajstić information content (AvgIpc) is 2.91. The molecule has 0 aliphatic carbocycles. The molecular weight excluding hydrogens is 538 g/mol. The van der Waals surface area contributed by atoms with E-state index in [0.29, 0.717) is 59.0 Å². The molecule has 0 spiro atoms. The van der Waals surface area contributed by atoms with E-state index in [2.05, 4.69) is 5.32 Å². The van der Waals surface area contributed by atoms with Crippen molar-refractivity contribution in [2.24, 2.45) is 5.92 Å². The van der Waals surface area contributed by atoms with Crippen molar-refractivity contribution in [2.75, 3.05) is 26.5 Å². The summed E-state index contributed by atoms with van der Waals surface area (Å²) in [6, 6.07) is 19.2. The van der Waals surface area contributed by atoms with Crippen LogP contribution in [0.1, 0.15) is 29.2 Å². The predicted molar refractivity (Wildman–Crippen MR) is 150 cm³/mol. The standard InChI is InChI=1S/C29H30ClN3O5S/c1-38-28-25(16-20-15-24(39(2,36)37)10-11-26(20)32-28)27(19-6-8-22(30)9-7-19)29(34)12-13-31-18-21(29)17-23-5-3-4-14-33(23)35/h3-11,14-16,21,27,31,34H,12-13,17-18H2,1-2H3. The van der Waals surface area contributed by atoms with Crippen LogP contribution in [0.3, 0.4) is 0 Å². The molecule has 0 saturated carbocycles. The van der Waals surface area contributed by atoms with Crippen molar-refractivity contribution in [1.82, 2.24) is 10.3 Å². The third-order valence-electron chi connectivity index (χ3n) is 7.57. The number of halogens is 1. The number of nitrogens with one attached hydrogen (secondary N) is 1. The lowest BCUT2D eigenvalue weighted by Crippen LogP contribution is -2.55. The highest BCUT2D eigenvalue weighted by atomic mass is 35.5. The number of fused-ring (bicyclic) bond motifs is 1. The second kappa shape index (κ2) is 10.7. The second-order valence-corrected chi connectivity index (χ2v) is 12.5. The van der Waals surface area contributed by atoms with Gasteiger partial charge in [0.25, 0.3) is 0 Å². The summed E-state index contributed by atoms with van der Waals surface area (Å²) in [6.45, 7) is 1.07. The van der Waals surface area contributed by atoms with Crippen LogP contribution < -0.4 is 14.8 Å². The molecular formula is C29H30ClN3O5S. The van der Waals surface area contributed by atoms with Crippen LogP contribution in [0, 0.1) is 11.1 Å². The van der Waals surface area contributed by atoms with Crippen molar-refractivity contribution in [3.8, 4) is 5.88 Å². The molecule has 1 aliphatic heterocycles. The first-order valence-electron chi connectivity index (χ1n) is 12.6. The zero-order valence-corrected chi connectivity index (χ0v) is 23.2. The minimum atomic E-state index is -3.44. The highest BCUT2D eigenvalue weighted by molar-refractivity contribution is 7.90. The number of aromatic nitrogens is 2. The number of hydrogen-bond acceptors (Lipinski definition) is 7. The Kier molecular flexibility index (Phi) is 7.52. The van der Waals surface area contributed by atoms with E-state index in [4.69, 9.17) is 21.3 Å². The maximum atomic E-state index is 12.6. The Balaban J connectivity index is 1.72. The molecule has 5 rings (SSSR count). The molecule has 39 heavy (non-hydrogen) atoms. The van der Waals surface area contributed by atoms with Crippen LogP contribution in [-0.2, 0) is 16.3 Å². The van der Waals surface area contributed by atoms with Crippen molar-refractivity contribution in [3.05, 3.63) is 100.0 Å². The Morgan fingerprint density at radius 3 is 2.67 bits per heavy atom. The lowest BCUT2D eigenvalue weighted by atomic mass is 9.66. The van der Waals surface area contributed by atoms with Gasteiger partial charge in [-0.3, -0.25) is 0 Å². The molecule has 0 amide bonds. The highest BCUT2D eigenvalue weighted by Crippen LogP contribution is 2.47. The fourth-order valence-corrected chi connectivity index (χ4v) is 6.38. The van der Waals surface area contributed by atoms with Gasteiger partial charge in [-0.2, -0.15) is 4.73 Å². The van der Waals surface area contributed by atoms with Crippen LogP contribution in [-0.4, -0.2) is 50.6 Å². The predicted octanol–water partition coefficient (Wildman–Crippen LogP) is 3.65. The number of sulfone groups is 1. The molecule has 3 heterocycles. The van der Waals surface area contributed by atoms with Gasteiger partial charge in [0, 0.05) is 59.2 Å². The van der Waals surface area contributed by atoms with E-state index in [-0.39, 0.29) is 10.8 Å². The van der Waals surface area contributed by atoms with Gasteiger partial charge in [-0.25, -0.2) is 13.4 Å². The Hall–Kier alpha value is -3.24. The summed E-state index contributed by atoms with van der Waals surface area (Å²) in [6.07, 6.45) is 3.37. The molecule has 3 unspecified atom stereocenters. The molecule has 1 fully saturated rings. The van der Waals surface area contributed by atoms with Gasteiger partial charge < -0.3 is 20.4 Å². The first-order valence-corrected chi connectivity index (χ1v) is 14.9. The SMILES string of the molecule is COc1nc2ccc(S(C)(=O)=O)cc2cc1C(c1ccc(Cl)cc1)C1(O)CCNCC1Cc1cccc[n+]1[O-]. The fourth-order valence-electron chi connectivity index (χ4n) is 5.60. The van der Waals surface area contributed by atoms with Crippen LogP contribution >= 0.6 is 11.6 Å². The van der Waals surface area contributed by atoms with Gasteiger partial charge in [0.1, 0.15) is 0 Å². The number of pyridine rings is 2. The van der Waals surface area contributed by atoms with Gasteiger partial charge >= 0.3 is 0 Å². The number of aliphatic hydroxyl groups is 1. The summed E-state index contributed by atoms with van der Waals surface area (Å²) in [5.74, 6) is -0.615. The van der Waals surface area contributed by atoms with Crippen molar-refractivity contribution >= 4 is 32.3 Å². The average molecular weight is 568 g/mol. The highest BCUT2D eigenvalue weighted by Gasteiger charge is 2.48. The van der Waals surface area contributed by atoms with Crippen LogP contribution in [0.2, 0.25) is 5.02 Å². The number of rotatable bonds is 7. The first kappa shape index (κ1) is 27.3. The van der Waals surface area contributed by atoms with Crippen LogP contribution in [0.4, 0.5) is 0 Å². The third kappa shape index (κ3) is 5.45. The van der Waals surface area contributed by atoms with Crippen LogP contribution in [0.15, 0.2) is 77.8 Å². The van der Waals surface area contributed by atoms with E-state index < -0.39 is 21.4 Å². The smallest absolute Gasteiger partial charge is 0.217 e. The topological polar surface area (TPSA) is 115 Å². The Morgan fingerprint density at radius 1 is 1.21 bits per heavy atom.